The van der Waals surface area contributed by atoms with Gasteiger partial charge in [-0.2, -0.15) is 0 Å². The first-order valence-corrected chi connectivity index (χ1v) is 11.3. The molecule has 3 fully saturated rings. The largest absolute Gasteiger partial charge is 0.462 e. The number of ether oxygens (including phenoxy) is 2. The quantitative estimate of drug-likeness (QED) is 0.112. The zero-order chi connectivity index (χ0) is 25.0. The lowest BCUT2D eigenvalue weighted by atomic mass is 9.97. The van der Waals surface area contributed by atoms with E-state index in [0.717, 1.165) is 18.4 Å². The zero-order valence-electron chi connectivity index (χ0n) is 19.2. The number of hydrogen-bond acceptors (Lipinski definition) is 11. The lowest BCUT2D eigenvalue weighted by Crippen LogP contribution is -2.48. The number of likely N-dealkylation sites (N-methyl/N-ethyl adjacent to an activating group) is 1. The van der Waals surface area contributed by atoms with Gasteiger partial charge in [0.2, 0.25) is 0 Å². The first-order chi connectivity index (χ1) is 16.2. The third-order valence-corrected chi connectivity index (χ3v) is 6.75. The molecule has 198 valence electrons. The van der Waals surface area contributed by atoms with Gasteiger partial charge in [-0.15, -0.1) is 17.0 Å². The molecule has 11 nitrogen and oxygen atoms in total. The molecule has 10 atom stereocenters. The molecule has 35 heavy (non-hydrogen) atoms. The monoisotopic (exact) mass is 563 g/mol. The van der Waals surface area contributed by atoms with E-state index in [9.17, 15) is 14.7 Å². The molecular formula is C23H34BrNO10. The molecule has 4 rings (SSSR count). The minimum Gasteiger partial charge on any atom is -0.462 e. The van der Waals surface area contributed by atoms with Crippen LogP contribution in [-0.2, 0) is 19.1 Å². The normalized spacial score (nSPS) is 30.8. The molecule has 3 heterocycles. The van der Waals surface area contributed by atoms with Crippen molar-refractivity contribution in [3.8, 4) is 0 Å². The molecule has 12 heteroatoms. The number of benzene rings is 1. The molecule has 6 N–H and O–H groups in total. The molecule has 1 unspecified atom stereocenters. The number of epoxide rings is 1. The summed E-state index contributed by atoms with van der Waals surface area (Å²) in [6.07, 6.45) is -4.58. The number of halogens is 1. The number of aldehydes is 1. The smallest absolute Gasteiger partial charge is 0.316 e. The van der Waals surface area contributed by atoms with Crippen molar-refractivity contribution >= 4 is 29.2 Å². The van der Waals surface area contributed by atoms with Crippen LogP contribution in [0.5, 0.6) is 0 Å². The first kappa shape index (κ1) is 29.7. The van der Waals surface area contributed by atoms with Gasteiger partial charge in [0.05, 0.1) is 13.2 Å². The van der Waals surface area contributed by atoms with Crippen LogP contribution in [0.1, 0.15) is 24.3 Å². The van der Waals surface area contributed by atoms with Crippen molar-refractivity contribution < 1.29 is 49.7 Å². The number of piperidine rings is 1. The van der Waals surface area contributed by atoms with Crippen LogP contribution in [0.15, 0.2) is 30.3 Å². The van der Waals surface area contributed by atoms with E-state index in [1.165, 1.54) is 0 Å². The van der Waals surface area contributed by atoms with Crippen molar-refractivity contribution in [3.05, 3.63) is 35.9 Å². The maximum atomic E-state index is 12.4. The third-order valence-electron chi connectivity index (χ3n) is 6.75. The molecule has 0 spiro atoms. The minimum absolute atomic E-state index is 0. The van der Waals surface area contributed by atoms with E-state index in [2.05, 4.69) is 11.9 Å². The van der Waals surface area contributed by atoms with Gasteiger partial charge in [-0.1, -0.05) is 30.3 Å². The number of rotatable bonds is 9. The van der Waals surface area contributed by atoms with E-state index >= 15 is 0 Å². The lowest BCUT2D eigenvalue weighted by Gasteiger charge is -2.38. The van der Waals surface area contributed by atoms with Crippen molar-refractivity contribution in [2.45, 2.75) is 73.6 Å². The number of carbonyl (C=O) groups is 2. The number of carbonyl (C=O) groups excluding carboxylic acids is 2. The SMILES string of the molecule is Br.CN1[C@@H]2CC(OC(=O)[C@H](CO)c3ccccc3)C[C@H]1[C@@H]1O[C@@H]12.O=C[C@H](O)[C@@H](O)[C@H](O)[C@H](O)CO. The molecule has 0 amide bonds. The van der Waals surface area contributed by atoms with E-state index < -0.39 is 36.9 Å². The second-order valence-corrected chi connectivity index (χ2v) is 8.90. The van der Waals surface area contributed by atoms with Gasteiger partial charge in [0.1, 0.15) is 48.6 Å². The molecule has 3 aliphatic heterocycles. The molecule has 2 bridgehead atoms. The van der Waals surface area contributed by atoms with Gasteiger partial charge < -0.3 is 44.9 Å². The maximum absolute atomic E-state index is 12.4. The zero-order valence-corrected chi connectivity index (χ0v) is 21.0. The Balaban J connectivity index is 0.000000288. The van der Waals surface area contributed by atoms with Crippen LogP contribution in [0.25, 0.3) is 0 Å². The molecular weight excluding hydrogens is 530 g/mol. The summed E-state index contributed by atoms with van der Waals surface area (Å²) < 4.78 is 11.4. The Hall–Kier alpha value is -1.48. The lowest BCUT2D eigenvalue weighted by molar-refractivity contribution is -0.156. The van der Waals surface area contributed by atoms with E-state index in [1.807, 2.05) is 30.3 Å². The molecule has 0 aliphatic carbocycles. The van der Waals surface area contributed by atoms with Gasteiger partial charge in [-0.25, -0.2) is 0 Å². The molecule has 0 saturated carbocycles. The molecule has 1 aromatic carbocycles. The fraction of sp³-hybridized carbons (Fsp3) is 0.652. The molecule has 1 aromatic rings. The third kappa shape index (κ3) is 6.85. The van der Waals surface area contributed by atoms with Crippen molar-refractivity contribution in [1.29, 1.82) is 0 Å². The predicted molar refractivity (Wildman–Crippen MR) is 127 cm³/mol. The van der Waals surface area contributed by atoms with Gasteiger partial charge in [0.25, 0.3) is 0 Å². The van der Waals surface area contributed by atoms with Crippen LogP contribution < -0.4 is 0 Å². The highest BCUT2D eigenvalue weighted by molar-refractivity contribution is 8.93. The Kier molecular flexibility index (Phi) is 11.2. The van der Waals surface area contributed by atoms with E-state index in [1.54, 1.807) is 0 Å². The average molecular weight is 564 g/mol. The Morgan fingerprint density at radius 2 is 1.63 bits per heavy atom. The molecule has 0 radical (unpaired) electrons. The van der Waals surface area contributed by atoms with Crippen LogP contribution in [0.4, 0.5) is 0 Å². The van der Waals surface area contributed by atoms with Crippen molar-refractivity contribution in [1.82, 2.24) is 4.90 Å². The van der Waals surface area contributed by atoms with Gasteiger partial charge in [0, 0.05) is 24.9 Å². The summed E-state index contributed by atoms with van der Waals surface area (Å²) >= 11 is 0. The summed E-state index contributed by atoms with van der Waals surface area (Å²) in [5.74, 6) is -0.915. The highest BCUT2D eigenvalue weighted by Gasteiger charge is 2.62. The summed E-state index contributed by atoms with van der Waals surface area (Å²) in [7, 11) is 2.13. The number of morpholine rings is 1. The van der Waals surface area contributed by atoms with Gasteiger partial charge >= 0.3 is 5.97 Å². The average Bonchev–Trinajstić information content (AvgIpc) is 3.62. The van der Waals surface area contributed by atoms with Crippen LogP contribution in [0.2, 0.25) is 0 Å². The first-order valence-electron chi connectivity index (χ1n) is 11.3. The van der Waals surface area contributed by atoms with Crippen molar-refractivity contribution in [3.63, 3.8) is 0 Å². The summed E-state index contributed by atoms with van der Waals surface area (Å²) in [4.78, 5) is 24.7. The minimum atomic E-state index is -1.79. The second-order valence-electron chi connectivity index (χ2n) is 8.90. The van der Waals surface area contributed by atoms with Gasteiger partial charge in [-0.3, -0.25) is 9.69 Å². The number of aliphatic hydroxyl groups excluding tert-OH is 6. The Bertz CT molecular complexity index is 799. The molecule has 3 aliphatic rings. The highest BCUT2D eigenvalue weighted by atomic mass is 79.9. The summed E-state index contributed by atoms with van der Waals surface area (Å²) in [6.45, 7) is -0.986. The standard InChI is InChI=1S/C17H21NO4.C6H12O6.BrH/c1-18-13-7-11(8-14(18)16-15(13)22-16)21-17(20)12(9-19)10-5-3-2-4-6-10;7-1-3(9)5(11)6(12)4(10)2-8;/h2-6,11-16,19H,7-9H2,1H3;1,3-6,8-12H,2H2;1H/t11?,12-,13-,14+,15-,16+;3-,4+,5+,6+;/m10./s1. The summed E-state index contributed by atoms with van der Waals surface area (Å²) in [5.41, 5.74) is 0.803. The van der Waals surface area contributed by atoms with Gasteiger partial charge in [0.15, 0.2) is 6.29 Å². The Labute approximate surface area is 213 Å². The maximum Gasteiger partial charge on any atom is 0.316 e. The van der Waals surface area contributed by atoms with Crippen LogP contribution in [0, 0.1) is 0 Å². The molecule has 3 saturated heterocycles. The number of esters is 1. The van der Waals surface area contributed by atoms with Gasteiger partial charge in [-0.05, 0) is 12.6 Å². The van der Waals surface area contributed by atoms with E-state index in [0.29, 0.717) is 24.3 Å². The number of aliphatic hydroxyl groups is 6. The highest BCUT2D eigenvalue weighted by Crippen LogP contribution is 2.48. The van der Waals surface area contributed by atoms with E-state index in [-0.39, 0.29) is 41.9 Å². The number of fused-ring (bicyclic) bond motifs is 5. The topological polar surface area (TPSA) is 181 Å². The Morgan fingerprint density at radius 1 is 1.06 bits per heavy atom. The van der Waals surface area contributed by atoms with Crippen LogP contribution >= 0.6 is 17.0 Å². The Morgan fingerprint density at radius 3 is 2.11 bits per heavy atom. The molecule has 0 aromatic heterocycles. The number of nitrogens with zero attached hydrogens (tertiary/aromatic N) is 1. The second kappa shape index (κ2) is 13.2. The van der Waals surface area contributed by atoms with Crippen LogP contribution in [-0.4, -0.2) is 123 Å². The predicted octanol–water partition coefficient (Wildman–Crippen LogP) is -1.88. The number of hydrogen-bond donors (Lipinski definition) is 6. The summed E-state index contributed by atoms with van der Waals surface area (Å²) in [5, 5.41) is 53.1. The van der Waals surface area contributed by atoms with Crippen molar-refractivity contribution in [2.24, 2.45) is 0 Å². The van der Waals surface area contributed by atoms with E-state index in [4.69, 9.17) is 35.0 Å². The fourth-order valence-corrected chi connectivity index (χ4v) is 4.66. The summed E-state index contributed by atoms with van der Waals surface area (Å²) in [6, 6.07) is 10.1. The fourth-order valence-electron chi connectivity index (χ4n) is 4.66. The van der Waals surface area contributed by atoms with Crippen molar-refractivity contribution in [2.75, 3.05) is 20.3 Å². The van der Waals surface area contributed by atoms with Crippen LogP contribution in [0.3, 0.4) is 0 Å².